The highest BCUT2D eigenvalue weighted by Crippen LogP contribution is 2.11. The molecule has 2 aromatic rings. The predicted octanol–water partition coefficient (Wildman–Crippen LogP) is 1.13. The van der Waals surface area contributed by atoms with Crippen molar-refractivity contribution in [2.75, 3.05) is 5.73 Å². The van der Waals surface area contributed by atoms with Gasteiger partial charge in [0.25, 0.3) is 0 Å². The van der Waals surface area contributed by atoms with E-state index in [0.717, 1.165) is 11.3 Å². The van der Waals surface area contributed by atoms with Gasteiger partial charge < -0.3 is 5.73 Å². The van der Waals surface area contributed by atoms with Crippen molar-refractivity contribution in [2.45, 2.75) is 13.8 Å². The molecule has 0 bridgehead atoms. The standard InChI is InChI=1S/C10H11N5/c1-6-4-12-9(13-5-6)10-14-7(2)3-8(11)15-10/h3-5H,1-2H3,(H2,11,14,15). The van der Waals surface area contributed by atoms with E-state index in [1.165, 1.54) is 0 Å². The van der Waals surface area contributed by atoms with Gasteiger partial charge in [0.05, 0.1) is 0 Å². The number of hydrogen-bond donors (Lipinski definition) is 1. The van der Waals surface area contributed by atoms with Crippen LogP contribution in [-0.2, 0) is 0 Å². The average molecular weight is 201 g/mol. The van der Waals surface area contributed by atoms with Gasteiger partial charge >= 0.3 is 0 Å². The number of anilines is 1. The van der Waals surface area contributed by atoms with Gasteiger partial charge in [-0.3, -0.25) is 0 Å². The summed E-state index contributed by atoms with van der Waals surface area (Å²) in [5.41, 5.74) is 7.43. The number of aryl methyl sites for hydroxylation is 2. The van der Waals surface area contributed by atoms with E-state index in [1.54, 1.807) is 18.5 Å². The fraction of sp³-hybridized carbons (Fsp3) is 0.200. The van der Waals surface area contributed by atoms with E-state index < -0.39 is 0 Å². The maximum absolute atomic E-state index is 5.62. The van der Waals surface area contributed by atoms with Crippen LogP contribution in [0.2, 0.25) is 0 Å². The van der Waals surface area contributed by atoms with Gasteiger partial charge in [-0.05, 0) is 19.4 Å². The van der Waals surface area contributed by atoms with Crippen LogP contribution < -0.4 is 5.73 Å². The van der Waals surface area contributed by atoms with Gasteiger partial charge in [0, 0.05) is 24.2 Å². The second-order valence-electron chi connectivity index (χ2n) is 3.34. The Morgan fingerprint density at radius 1 is 1.00 bits per heavy atom. The smallest absolute Gasteiger partial charge is 0.199 e. The van der Waals surface area contributed by atoms with Crippen LogP contribution >= 0.6 is 0 Å². The molecule has 0 atom stereocenters. The van der Waals surface area contributed by atoms with Crippen LogP contribution in [0.15, 0.2) is 18.5 Å². The molecular weight excluding hydrogens is 190 g/mol. The van der Waals surface area contributed by atoms with Crippen LogP contribution in [0.1, 0.15) is 11.3 Å². The molecule has 0 spiro atoms. The molecule has 0 saturated carbocycles. The van der Waals surface area contributed by atoms with Crippen molar-refractivity contribution >= 4 is 5.82 Å². The van der Waals surface area contributed by atoms with Crippen LogP contribution in [0.25, 0.3) is 11.6 Å². The summed E-state index contributed by atoms with van der Waals surface area (Å²) in [6, 6.07) is 1.71. The molecule has 2 N–H and O–H groups in total. The molecule has 5 nitrogen and oxygen atoms in total. The Bertz CT molecular complexity index is 457. The van der Waals surface area contributed by atoms with E-state index in [4.69, 9.17) is 5.73 Å². The van der Waals surface area contributed by atoms with Crippen molar-refractivity contribution in [1.82, 2.24) is 19.9 Å². The molecule has 2 rings (SSSR count). The van der Waals surface area contributed by atoms with Crippen molar-refractivity contribution in [1.29, 1.82) is 0 Å². The lowest BCUT2D eigenvalue weighted by Gasteiger charge is -2.01. The minimum atomic E-state index is 0.432. The lowest BCUT2D eigenvalue weighted by atomic mass is 10.3. The Morgan fingerprint density at radius 3 is 2.27 bits per heavy atom. The summed E-state index contributed by atoms with van der Waals surface area (Å²) >= 11 is 0. The van der Waals surface area contributed by atoms with Gasteiger partial charge in [0.1, 0.15) is 5.82 Å². The summed E-state index contributed by atoms with van der Waals surface area (Å²) in [6.45, 7) is 3.78. The fourth-order valence-corrected chi connectivity index (χ4v) is 1.20. The first kappa shape index (κ1) is 9.51. The minimum absolute atomic E-state index is 0.432. The monoisotopic (exact) mass is 201 g/mol. The minimum Gasteiger partial charge on any atom is -0.384 e. The number of rotatable bonds is 1. The third kappa shape index (κ3) is 2.07. The third-order valence-corrected chi connectivity index (χ3v) is 1.85. The summed E-state index contributed by atoms with van der Waals surface area (Å²) in [7, 11) is 0. The molecule has 0 aliphatic rings. The molecule has 0 amide bonds. The SMILES string of the molecule is Cc1cnc(-c2nc(C)cc(N)n2)nc1. The van der Waals surface area contributed by atoms with Crippen molar-refractivity contribution in [3.8, 4) is 11.6 Å². The first-order chi connectivity index (χ1) is 7.15. The summed E-state index contributed by atoms with van der Waals surface area (Å²) in [5.74, 6) is 1.39. The van der Waals surface area contributed by atoms with E-state index in [1.807, 2.05) is 13.8 Å². The summed E-state index contributed by atoms with van der Waals surface area (Å²) in [6.07, 6.45) is 3.45. The van der Waals surface area contributed by atoms with Crippen LogP contribution in [0.5, 0.6) is 0 Å². The summed E-state index contributed by atoms with van der Waals surface area (Å²) in [4.78, 5) is 16.6. The predicted molar refractivity (Wildman–Crippen MR) is 56.9 cm³/mol. The van der Waals surface area contributed by atoms with Gasteiger partial charge in [-0.15, -0.1) is 0 Å². The second kappa shape index (κ2) is 3.61. The van der Waals surface area contributed by atoms with E-state index >= 15 is 0 Å². The van der Waals surface area contributed by atoms with Crippen molar-refractivity contribution < 1.29 is 0 Å². The van der Waals surface area contributed by atoms with Crippen LogP contribution in [0.4, 0.5) is 5.82 Å². The van der Waals surface area contributed by atoms with Crippen LogP contribution in [0.3, 0.4) is 0 Å². The normalized spacial score (nSPS) is 10.3. The number of aromatic nitrogens is 4. The maximum atomic E-state index is 5.62. The number of nitrogens with zero attached hydrogens (tertiary/aromatic N) is 4. The molecule has 0 unspecified atom stereocenters. The van der Waals surface area contributed by atoms with Crippen molar-refractivity contribution in [2.24, 2.45) is 0 Å². The molecule has 76 valence electrons. The molecular formula is C10H11N5. The first-order valence-electron chi connectivity index (χ1n) is 4.55. The molecule has 0 saturated heterocycles. The van der Waals surface area contributed by atoms with E-state index in [9.17, 15) is 0 Å². The molecule has 0 radical (unpaired) electrons. The summed E-state index contributed by atoms with van der Waals surface area (Å²) in [5, 5.41) is 0. The Labute approximate surface area is 87.4 Å². The van der Waals surface area contributed by atoms with Crippen molar-refractivity contribution in [3.05, 3.63) is 29.7 Å². The Hall–Kier alpha value is -2.04. The number of nitrogens with two attached hydrogens (primary N) is 1. The lowest BCUT2D eigenvalue weighted by Crippen LogP contribution is -2.00. The van der Waals surface area contributed by atoms with Gasteiger partial charge in [-0.25, -0.2) is 19.9 Å². The molecule has 2 aromatic heterocycles. The Balaban J connectivity index is 2.49. The van der Waals surface area contributed by atoms with Gasteiger partial charge in [0.15, 0.2) is 11.6 Å². The van der Waals surface area contributed by atoms with Crippen LogP contribution in [0, 0.1) is 13.8 Å². The largest absolute Gasteiger partial charge is 0.384 e. The van der Waals surface area contributed by atoms with Gasteiger partial charge in [0.2, 0.25) is 0 Å². The fourth-order valence-electron chi connectivity index (χ4n) is 1.20. The molecule has 15 heavy (non-hydrogen) atoms. The highest BCUT2D eigenvalue weighted by molar-refractivity contribution is 5.47. The van der Waals surface area contributed by atoms with E-state index in [-0.39, 0.29) is 0 Å². The molecule has 5 heteroatoms. The molecule has 0 aliphatic carbocycles. The summed E-state index contributed by atoms with van der Waals surface area (Å²) < 4.78 is 0. The molecule has 0 fully saturated rings. The molecule has 0 aromatic carbocycles. The zero-order valence-corrected chi connectivity index (χ0v) is 8.60. The number of nitrogen functional groups attached to an aromatic ring is 1. The number of hydrogen-bond acceptors (Lipinski definition) is 5. The maximum Gasteiger partial charge on any atom is 0.199 e. The third-order valence-electron chi connectivity index (χ3n) is 1.85. The zero-order valence-electron chi connectivity index (χ0n) is 8.60. The highest BCUT2D eigenvalue weighted by Gasteiger charge is 2.05. The Morgan fingerprint density at radius 2 is 1.67 bits per heavy atom. The van der Waals surface area contributed by atoms with Crippen LogP contribution in [-0.4, -0.2) is 19.9 Å². The quantitative estimate of drug-likeness (QED) is 0.748. The second-order valence-corrected chi connectivity index (χ2v) is 3.34. The van der Waals surface area contributed by atoms with Gasteiger partial charge in [-0.1, -0.05) is 0 Å². The van der Waals surface area contributed by atoms with Crippen molar-refractivity contribution in [3.63, 3.8) is 0 Å². The van der Waals surface area contributed by atoms with Gasteiger partial charge in [-0.2, -0.15) is 0 Å². The average Bonchev–Trinajstić information content (AvgIpc) is 2.17. The highest BCUT2D eigenvalue weighted by atomic mass is 15.0. The Kier molecular flexibility index (Phi) is 2.29. The lowest BCUT2D eigenvalue weighted by molar-refractivity contribution is 1.04. The zero-order chi connectivity index (χ0) is 10.8. The molecule has 0 aliphatic heterocycles. The van der Waals surface area contributed by atoms with E-state index in [2.05, 4.69) is 19.9 Å². The molecule has 2 heterocycles. The topological polar surface area (TPSA) is 77.6 Å². The first-order valence-corrected chi connectivity index (χ1v) is 4.55. The van der Waals surface area contributed by atoms with E-state index in [0.29, 0.717) is 17.5 Å².